The van der Waals surface area contributed by atoms with Crippen LogP contribution in [0.3, 0.4) is 0 Å². The SMILES string of the molecule is Cc1cc(C(=O)N2CCC(C(C)O)C2)c(C)n1-c1nccs1. The first-order chi connectivity index (χ1) is 10.5. The molecule has 0 bridgehead atoms. The Morgan fingerprint density at radius 2 is 2.27 bits per heavy atom. The number of carbonyl (C=O) groups excluding carboxylic acids is 1. The standard InChI is InChI=1S/C16H21N3O2S/c1-10-8-14(11(2)19(10)16-17-5-7-22-16)15(21)18-6-4-13(9-18)12(3)20/h5,7-8,12-13,20H,4,6,9H2,1-3H3. The number of nitrogens with zero attached hydrogens (tertiary/aromatic N) is 3. The monoisotopic (exact) mass is 319 g/mol. The molecule has 118 valence electrons. The Morgan fingerprint density at radius 1 is 1.50 bits per heavy atom. The highest BCUT2D eigenvalue weighted by Crippen LogP contribution is 2.26. The number of aliphatic hydroxyl groups is 1. The zero-order valence-corrected chi connectivity index (χ0v) is 13.9. The molecule has 1 N–H and O–H groups in total. The summed E-state index contributed by atoms with van der Waals surface area (Å²) in [6.45, 7) is 7.11. The lowest BCUT2D eigenvalue weighted by Gasteiger charge is -2.17. The molecule has 3 heterocycles. The Morgan fingerprint density at radius 3 is 2.86 bits per heavy atom. The first-order valence-electron chi connectivity index (χ1n) is 7.55. The Hall–Kier alpha value is -1.66. The van der Waals surface area contributed by atoms with Crippen molar-refractivity contribution in [3.8, 4) is 5.13 Å². The first-order valence-corrected chi connectivity index (χ1v) is 8.43. The van der Waals surface area contributed by atoms with Gasteiger partial charge < -0.3 is 10.0 Å². The molecule has 0 radical (unpaired) electrons. The third-order valence-corrected chi connectivity index (χ3v) is 5.22. The van der Waals surface area contributed by atoms with Gasteiger partial charge in [0.2, 0.25) is 0 Å². The largest absolute Gasteiger partial charge is 0.393 e. The Balaban J connectivity index is 1.87. The Bertz CT molecular complexity index is 676. The number of hydrogen-bond acceptors (Lipinski definition) is 4. The van der Waals surface area contributed by atoms with Gasteiger partial charge >= 0.3 is 0 Å². The second kappa shape index (κ2) is 5.85. The molecule has 5 nitrogen and oxygen atoms in total. The molecular formula is C16H21N3O2S. The van der Waals surface area contributed by atoms with Gasteiger partial charge in [-0.3, -0.25) is 9.36 Å². The van der Waals surface area contributed by atoms with E-state index in [0.717, 1.165) is 35.0 Å². The predicted molar refractivity (Wildman–Crippen MR) is 86.6 cm³/mol. The first kappa shape index (κ1) is 15.2. The molecule has 2 aromatic heterocycles. The summed E-state index contributed by atoms with van der Waals surface area (Å²) in [6, 6.07) is 1.94. The molecule has 3 rings (SSSR count). The number of amides is 1. The number of aryl methyl sites for hydroxylation is 1. The van der Waals surface area contributed by atoms with Crippen molar-refractivity contribution in [3.05, 3.63) is 34.6 Å². The summed E-state index contributed by atoms with van der Waals surface area (Å²) in [4.78, 5) is 19.0. The normalized spacial score (nSPS) is 19.6. The third kappa shape index (κ3) is 2.57. The molecule has 2 aromatic rings. The smallest absolute Gasteiger partial charge is 0.255 e. The molecule has 1 fully saturated rings. The molecule has 1 amide bonds. The summed E-state index contributed by atoms with van der Waals surface area (Å²) < 4.78 is 2.03. The number of rotatable bonds is 3. The highest BCUT2D eigenvalue weighted by atomic mass is 32.1. The fourth-order valence-corrected chi connectivity index (χ4v) is 3.89. The molecule has 1 aliphatic heterocycles. The van der Waals surface area contributed by atoms with Gasteiger partial charge in [-0.05, 0) is 33.3 Å². The number of likely N-dealkylation sites (tertiary alicyclic amines) is 1. The fourth-order valence-electron chi connectivity index (χ4n) is 3.14. The predicted octanol–water partition coefficient (Wildman–Crippen LogP) is 2.39. The molecule has 6 heteroatoms. The van der Waals surface area contributed by atoms with Crippen molar-refractivity contribution in [1.82, 2.24) is 14.5 Å². The lowest BCUT2D eigenvalue weighted by atomic mass is 10.0. The minimum Gasteiger partial charge on any atom is -0.393 e. The van der Waals surface area contributed by atoms with Crippen molar-refractivity contribution < 1.29 is 9.90 Å². The topological polar surface area (TPSA) is 58.4 Å². The van der Waals surface area contributed by atoms with E-state index in [1.54, 1.807) is 24.5 Å². The van der Waals surface area contributed by atoms with E-state index in [2.05, 4.69) is 4.98 Å². The minimum absolute atomic E-state index is 0.0547. The molecule has 1 saturated heterocycles. The summed E-state index contributed by atoms with van der Waals surface area (Å²) in [5.74, 6) is 0.241. The van der Waals surface area contributed by atoms with Gasteiger partial charge in [0, 0.05) is 42.0 Å². The number of aliphatic hydroxyl groups excluding tert-OH is 1. The van der Waals surface area contributed by atoms with E-state index in [1.807, 2.05) is 34.8 Å². The lowest BCUT2D eigenvalue weighted by molar-refractivity contribution is 0.0762. The zero-order chi connectivity index (χ0) is 15.9. The Labute approximate surface area is 134 Å². The van der Waals surface area contributed by atoms with Gasteiger partial charge in [0.15, 0.2) is 5.13 Å². The van der Waals surface area contributed by atoms with E-state index in [1.165, 1.54) is 0 Å². The van der Waals surface area contributed by atoms with E-state index < -0.39 is 0 Å². The molecular weight excluding hydrogens is 298 g/mol. The van der Waals surface area contributed by atoms with Crippen molar-refractivity contribution in [1.29, 1.82) is 0 Å². The van der Waals surface area contributed by atoms with Gasteiger partial charge in [-0.2, -0.15) is 0 Å². The minimum atomic E-state index is -0.361. The van der Waals surface area contributed by atoms with Gasteiger partial charge in [0.25, 0.3) is 5.91 Å². The van der Waals surface area contributed by atoms with Crippen LogP contribution in [-0.2, 0) is 0 Å². The van der Waals surface area contributed by atoms with Gasteiger partial charge in [-0.15, -0.1) is 11.3 Å². The van der Waals surface area contributed by atoms with E-state index in [0.29, 0.717) is 6.54 Å². The molecule has 0 aliphatic carbocycles. The Kier molecular flexibility index (Phi) is 4.06. The lowest BCUT2D eigenvalue weighted by Crippen LogP contribution is -2.30. The van der Waals surface area contributed by atoms with Crippen LogP contribution in [0.4, 0.5) is 0 Å². The van der Waals surface area contributed by atoms with Gasteiger partial charge in [-0.1, -0.05) is 0 Å². The van der Waals surface area contributed by atoms with E-state index in [-0.39, 0.29) is 17.9 Å². The van der Waals surface area contributed by atoms with Crippen molar-refractivity contribution >= 4 is 17.2 Å². The maximum atomic E-state index is 12.8. The van der Waals surface area contributed by atoms with Crippen LogP contribution >= 0.6 is 11.3 Å². The zero-order valence-electron chi connectivity index (χ0n) is 13.1. The van der Waals surface area contributed by atoms with Gasteiger partial charge in [0.1, 0.15) is 0 Å². The van der Waals surface area contributed by atoms with Gasteiger partial charge in [0.05, 0.1) is 11.7 Å². The average molecular weight is 319 g/mol. The van der Waals surface area contributed by atoms with E-state index in [4.69, 9.17) is 0 Å². The second-order valence-corrected chi connectivity index (χ2v) is 6.85. The maximum Gasteiger partial charge on any atom is 0.255 e. The van der Waals surface area contributed by atoms with Crippen LogP contribution in [0.5, 0.6) is 0 Å². The second-order valence-electron chi connectivity index (χ2n) is 5.98. The third-order valence-electron chi connectivity index (χ3n) is 4.47. The van der Waals surface area contributed by atoms with Crippen LogP contribution in [0.25, 0.3) is 5.13 Å². The van der Waals surface area contributed by atoms with Crippen molar-refractivity contribution in [2.75, 3.05) is 13.1 Å². The summed E-state index contributed by atoms with van der Waals surface area (Å²) >= 11 is 1.56. The van der Waals surface area contributed by atoms with Crippen molar-refractivity contribution in [2.45, 2.75) is 33.3 Å². The average Bonchev–Trinajstić information content (AvgIpc) is 3.18. The van der Waals surface area contributed by atoms with Crippen LogP contribution in [0, 0.1) is 19.8 Å². The molecule has 0 spiro atoms. The van der Waals surface area contributed by atoms with Crippen LogP contribution in [0.2, 0.25) is 0 Å². The molecule has 2 atom stereocenters. The van der Waals surface area contributed by atoms with Crippen LogP contribution in [-0.4, -0.2) is 44.7 Å². The van der Waals surface area contributed by atoms with Crippen LogP contribution in [0.15, 0.2) is 17.6 Å². The van der Waals surface area contributed by atoms with Crippen LogP contribution in [0.1, 0.15) is 35.1 Å². The number of carbonyl (C=O) groups is 1. The molecule has 22 heavy (non-hydrogen) atoms. The molecule has 0 saturated carbocycles. The van der Waals surface area contributed by atoms with Crippen LogP contribution < -0.4 is 0 Å². The highest BCUT2D eigenvalue weighted by molar-refractivity contribution is 7.12. The van der Waals surface area contributed by atoms with Crippen molar-refractivity contribution in [3.63, 3.8) is 0 Å². The highest BCUT2D eigenvalue weighted by Gasteiger charge is 2.31. The van der Waals surface area contributed by atoms with Gasteiger partial charge in [-0.25, -0.2) is 4.98 Å². The molecule has 2 unspecified atom stereocenters. The number of thiazole rings is 1. The summed E-state index contributed by atoms with van der Waals surface area (Å²) in [5, 5.41) is 12.5. The quantitative estimate of drug-likeness (QED) is 0.945. The molecule has 0 aromatic carbocycles. The van der Waals surface area contributed by atoms with E-state index >= 15 is 0 Å². The summed E-state index contributed by atoms with van der Waals surface area (Å²) in [7, 11) is 0. The number of hydrogen-bond donors (Lipinski definition) is 1. The van der Waals surface area contributed by atoms with E-state index in [9.17, 15) is 9.90 Å². The number of aromatic nitrogens is 2. The molecule has 1 aliphatic rings. The maximum absolute atomic E-state index is 12.8. The summed E-state index contributed by atoms with van der Waals surface area (Å²) in [6.07, 6.45) is 2.28. The fraction of sp³-hybridized carbons (Fsp3) is 0.500. The van der Waals surface area contributed by atoms with Crippen molar-refractivity contribution in [2.24, 2.45) is 5.92 Å². The summed E-state index contributed by atoms with van der Waals surface area (Å²) in [5.41, 5.74) is 2.68.